The summed E-state index contributed by atoms with van der Waals surface area (Å²) < 4.78 is 12.8. The molecule has 0 bridgehead atoms. The number of hydrogen-bond acceptors (Lipinski definition) is 2. The quantitative estimate of drug-likeness (QED) is 0.618. The van der Waals surface area contributed by atoms with Crippen LogP contribution in [0.4, 0.5) is 4.39 Å². The summed E-state index contributed by atoms with van der Waals surface area (Å²) in [5, 5.41) is 9.88. The number of H-pyrrole nitrogens is 1. The minimum atomic E-state index is -0.244. The Bertz CT molecular complexity index is 357. The number of fused-ring (bicyclic) bond motifs is 1. The van der Waals surface area contributed by atoms with Crippen LogP contribution >= 0.6 is 0 Å². The molecular formula is C7H6FN3. The molecule has 56 valence electrons. The molecule has 0 aliphatic heterocycles. The minimum absolute atomic E-state index is 0.244. The molecular weight excluding hydrogens is 145 g/mol. The van der Waals surface area contributed by atoms with Gasteiger partial charge in [0.15, 0.2) is 0 Å². The maximum absolute atomic E-state index is 12.8. The van der Waals surface area contributed by atoms with Gasteiger partial charge in [-0.15, -0.1) is 5.10 Å². The van der Waals surface area contributed by atoms with Crippen molar-refractivity contribution in [2.45, 2.75) is 6.92 Å². The summed E-state index contributed by atoms with van der Waals surface area (Å²) in [6.07, 6.45) is 0. The van der Waals surface area contributed by atoms with Crippen molar-refractivity contribution in [2.24, 2.45) is 0 Å². The van der Waals surface area contributed by atoms with Crippen LogP contribution in [0.25, 0.3) is 11.0 Å². The first-order chi connectivity index (χ1) is 5.27. The normalized spacial score (nSPS) is 10.7. The maximum atomic E-state index is 12.8. The topological polar surface area (TPSA) is 41.6 Å². The molecule has 0 saturated carbocycles. The van der Waals surface area contributed by atoms with Crippen molar-refractivity contribution in [1.82, 2.24) is 15.4 Å². The minimum Gasteiger partial charge on any atom is -0.258 e. The number of benzene rings is 1. The van der Waals surface area contributed by atoms with E-state index in [0.717, 1.165) is 5.52 Å². The van der Waals surface area contributed by atoms with E-state index in [0.29, 0.717) is 11.1 Å². The van der Waals surface area contributed by atoms with E-state index >= 15 is 0 Å². The molecule has 0 aliphatic carbocycles. The van der Waals surface area contributed by atoms with Crippen LogP contribution in [-0.4, -0.2) is 15.4 Å². The number of nitrogens with zero attached hydrogens (tertiary/aromatic N) is 2. The molecule has 0 unspecified atom stereocenters. The average Bonchev–Trinajstić information content (AvgIpc) is 2.36. The smallest absolute Gasteiger partial charge is 0.128 e. The van der Waals surface area contributed by atoms with Crippen molar-refractivity contribution >= 4 is 11.0 Å². The zero-order valence-corrected chi connectivity index (χ0v) is 5.93. The van der Waals surface area contributed by atoms with Gasteiger partial charge in [-0.1, -0.05) is 5.21 Å². The van der Waals surface area contributed by atoms with Gasteiger partial charge in [0.05, 0.1) is 5.52 Å². The lowest BCUT2D eigenvalue weighted by molar-refractivity contribution is 0.620. The molecule has 0 atom stereocenters. The van der Waals surface area contributed by atoms with Crippen LogP contribution in [0, 0.1) is 12.7 Å². The van der Waals surface area contributed by atoms with Gasteiger partial charge in [0.1, 0.15) is 11.3 Å². The van der Waals surface area contributed by atoms with Crippen molar-refractivity contribution in [1.29, 1.82) is 0 Å². The zero-order chi connectivity index (χ0) is 7.84. The Balaban J connectivity index is 2.86. The van der Waals surface area contributed by atoms with Crippen molar-refractivity contribution < 1.29 is 4.39 Å². The molecule has 0 saturated heterocycles. The summed E-state index contributed by atoms with van der Waals surface area (Å²) in [7, 11) is 0. The number of nitrogens with one attached hydrogen (secondary N) is 1. The summed E-state index contributed by atoms with van der Waals surface area (Å²) in [5.74, 6) is -0.244. The molecule has 1 aromatic carbocycles. The largest absolute Gasteiger partial charge is 0.258 e. The second-order valence-corrected chi connectivity index (χ2v) is 2.43. The third kappa shape index (κ3) is 0.869. The number of rotatable bonds is 0. The predicted molar refractivity (Wildman–Crippen MR) is 38.6 cm³/mol. The lowest BCUT2D eigenvalue weighted by atomic mass is 10.2. The van der Waals surface area contributed by atoms with Crippen LogP contribution in [0.3, 0.4) is 0 Å². The van der Waals surface area contributed by atoms with Gasteiger partial charge >= 0.3 is 0 Å². The van der Waals surface area contributed by atoms with E-state index in [2.05, 4.69) is 15.4 Å². The highest BCUT2D eigenvalue weighted by Crippen LogP contribution is 2.13. The molecule has 3 nitrogen and oxygen atoms in total. The van der Waals surface area contributed by atoms with Gasteiger partial charge in [-0.2, -0.15) is 0 Å². The first-order valence-corrected chi connectivity index (χ1v) is 3.24. The Labute approximate surface area is 62.2 Å². The summed E-state index contributed by atoms with van der Waals surface area (Å²) in [4.78, 5) is 0. The molecule has 2 aromatic rings. The number of aryl methyl sites for hydroxylation is 1. The van der Waals surface area contributed by atoms with Gasteiger partial charge in [-0.05, 0) is 18.6 Å². The van der Waals surface area contributed by atoms with Crippen LogP contribution in [-0.2, 0) is 0 Å². The van der Waals surface area contributed by atoms with Crippen LogP contribution in [0.2, 0.25) is 0 Å². The maximum Gasteiger partial charge on any atom is 0.128 e. The van der Waals surface area contributed by atoms with Crippen LogP contribution in [0.1, 0.15) is 5.56 Å². The van der Waals surface area contributed by atoms with Gasteiger partial charge in [0.25, 0.3) is 0 Å². The Morgan fingerprint density at radius 2 is 2.27 bits per heavy atom. The Hall–Kier alpha value is -1.45. The van der Waals surface area contributed by atoms with E-state index in [9.17, 15) is 4.39 Å². The van der Waals surface area contributed by atoms with E-state index in [1.165, 1.54) is 6.07 Å². The summed E-state index contributed by atoms with van der Waals surface area (Å²) in [6, 6.07) is 3.05. The lowest BCUT2D eigenvalue weighted by Crippen LogP contribution is -1.81. The summed E-state index contributed by atoms with van der Waals surface area (Å²) >= 11 is 0. The summed E-state index contributed by atoms with van der Waals surface area (Å²) in [5.41, 5.74) is 1.93. The van der Waals surface area contributed by atoms with E-state index < -0.39 is 0 Å². The highest BCUT2D eigenvalue weighted by Gasteiger charge is 2.01. The predicted octanol–water partition coefficient (Wildman–Crippen LogP) is 1.41. The highest BCUT2D eigenvalue weighted by molar-refractivity contribution is 5.74. The molecule has 4 heteroatoms. The van der Waals surface area contributed by atoms with E-state index in [1.807, 2.05) is 0 Å². The van der Waals surface area contributed by atoms with Gasteiger partial charge < -0.3 is 0 Å². The fourth-order valence-electron chi connectivity index (χ4n) is 0.976. The van der Waals surface area contributed by atoms with Crippen molar-refractivity contribution in [3.05, 3.63) is 23.5 Å². The molecule has 1 heterocycles. The number of halogens is 1. The van der Waals surface area contributed by atoms with Crippen LogP contribution < -0.4 is 0 Å². The fourth-order valence-corrected chi connectivity index (χ4v) is 0.976. The van der Waals surface area contributed by atoms with Crippen molar-refractivity contribution in [2.75, 3.05) is 0 Å². The standard InChI is InChI=1S/C7H6FN3/c1-4-2-6-7(3-5(4)8)10-11-9-6/h2-3H,1H3,(H,9,10,11). The van der Waals surface area contributed by atoms with Gasteiger partial charge in [0.2, 0.25) is 0 Å². The lowest BCUT2D eigenvalue weighted by Gasteiger charge is -1.92. The molecule has 0 radical (unpaired) electrons. The first kappa shape index (κ1) is 6.27. The van der Waals surface area contributed by atoms with Gasteiger partial charge in [-0.25, -0.2) is 4.39 Å². The first-order valence-electron chi connectivity index (χ1n) is 3.24. The number of aromatic nitrogens is 3. The number of hydrogen-bond donors (Lipinski definition) is 1. The third-order valence-corrected chi connectivity index (χ3v) is 1.61. The van der Waals surface area contributed by atoms with Crippen molar-refractivity contribution in [3.8, 4) is 0 Å². The Kier molecular flexibility index (Phi) is 1.15. The molecule has 0 spiro atoms. The second-order valence-electron chi connectivity index (χ2n) is 2.43. The van der Waals surface area contributed by atoms with Gasteiger partial charge in [-0.3, -0.25) is 5.10 Å². The Morgan fingerprint density at radius 1 is 1.45 bits per heavy atom. The molecule has 1 aromatic heterocycles. The Morgan fingerprint density at radius 3 is 3.09 bits per heavy atom. The fraction of sp³-hybridized carbons (Fsp3) is 0.143. The van der Waals surface area contributed by atoms with Gasteiger partial charge in [0, 0.05) is 6.07 Å². The zero-order valence-electron chi connectivity index (χ0n) is 5.93. The van der Waals surface area contributed by atoms with Crippen LogP contribution in [0.15, 0.2) is 12.1 Å². The number of aromatic amines is 1. The van der Waals surface area contributed by atoms with E-state index in [4.69, 9.17) is 0 Å². The molecule has 1 N–H and O–H groups in total. The van der Waals surface area contributed by atoms with E-state index in [1.54, 1.807) is 13.0 Å². The van der Waals surface area contributed by atoms with Crippen LogP contribution in [0.5, 0.6) is 0 Å². The average molecular weight is 151 g/mol. The third-order valence-electron chi connectivity index (χ3n) is 1.61. The monoisotopic (exact) mass is 151 g/mol. The van der Waals surface area contributed by atoms with E-state index in [-0.39, 0.29) is 5.82 Å². The van der Waals surface area contributed by atoms with Crippen molar-refractivity contribution in [3.63, 3.8) is 0 Å². The SMILES string of the molecule is Cc1cc2[nH]nnc2cc1F. The highest BCUT2D eigenvalue weighted by atomic mass is 19.1. The molecule has 2 rings (SSSR count). The molecule has 0 fully saturated rings. The molecule has 0 aliphatic rings. The summed E-state index contributed by atoms with van der Waals surface area (Å²) in [6.45, 7) is 1.70. The second kappa shape index (κ2) is 2.02. The molecule has 11 heavy (non-hydrogen) atoms. The molecule has 0 amide bonds.